The lowest BCUT2D eigenvalue weighted by atomic mass is 10.2. The van der Waals surface area contributed by atoms with E-state index in [1.807, 2.05) is 0 Å². The summed E-state index contributed by atoms with van der Waals surface area (Å²) >= 11 is 1.30. The van der Waals surface area contributed by atoms with Gasteiger partial charge in [-0.2, -0.15) is 0 Å². The minimum atomic E-state index is -0.666. The van der Waals surface area contributed by atoms with Gasteiger partial charge in [-0.25, -0.2) is 4.79 Å². The van der Waals surface area contributed by atoms with Gasteiger partial charge in [-0.1, -0.05) is 0 Å². The van der Waals surface area contributed by atoms with Gasteiger partial charge in [0.2, 0.25) is 5.91 Å². The number of thiophene rings is 1. The standard InChI is InChI=1S/C13H17NO4S/c1-13(2,3)18-12(17)9-4-5-19-11(9)14-7-8(15)6-10(14)16/h4-5,8,15H,6-7H2,1-3H3. The molecule has 0 saturated carbocycles. The zero-order chi connectivity index (χ0) is 14.2. The fourth-order valence-electron chi connectivity index (χ4n) is 1.88. The van der Waals surface area contributed by atoms with Crippen LogP contribution in [0.2, 0.25) is 0 Å². The summed E-state index contributed by atoms with van der Waals surface area (Å²) in [5, 5.41) is 11.8. The highest BCUT2D eigenvalue weighted by Crippen LogP contribution is 2.32. The smallest absolute Gasteiger partial charge is 0.341 e. The Labute approximate surface area is 115 Å². The van der Waals surface area contributed by atoms with E-state index in [4.69, 9.17) is 4.74 Å². The number of hydrogen-bond acceptors (Lipinski definition) is 5. The fourth-order valence-corrected chi connectivity index (χ4v) is 2.80. The van der Waals surface area contributed by atoms with Gasteiger partial charge < -0.3 is 14.7 Å². The Bertz CT molecular complexity index is 503. The lowest BCUT2D eigenvalue weighted by Crippen LogP contribution is -2.28. The van der Waals surface area contributed by atoms with Crippen molar-refractivity contribution < 1.29 is 19.4 Å². The van der Waals surface area contributed by atoms with Gasteiger partial charge in [0.15, 0.2) is 0 Å². The molecule has 19 heavy (non-hydrogen) atoms. The maximum absolute atomic E-state index is 12.1. The van der Waals surface area contributed by atoms with Gasteiger partial charge >= 0.3 is 5.97 Å². The van der Waals surface area contributed by atoms with E-state index in [-0.39, 0.29) is 18.9 Å². The number of anilines is 1. The van der Waals surface area contributed by atoms with Crippen molar-refractivity contribution in [2.24, 2.45) is 0 Å². The number of rotatable bonds is 2. The molecule has 1 aromatic rings. The summed E-state index contributed by atoms with van der Waals surface area (Å²) in [6.07, 6.45) is -0.563. The molecule has 104 valence electrons. The second-order valence-corrected chi connectivity index (χ2v) is 6.40. The van der Waals surface area contributed by atoms with Crippen LogP contribution in [0.5, 0.6) is 0 Å². The third-order valence-corrected chi connectivity index (χ3v) is 3.55. The number of esters is 1. The maximum Gasteiger partial charge on any atom is 0.341 e. The molecular formula is C13H17NO4S. The summed E-state index contributed by atoms with van der Waals surface area (Å²) < 4.78 is 5.31. The molecule has 1 aromatic heterocycles. The molecule has 1 aliphatic rings. The van der Waals surface area contributed by atoms with Crippen molar-refractivity contribution in [3.05, 3.63) is 17.0 Å². The van der Waals surface area contributed by atoms with Crippen molar-refractivity contribution in [3.63, 3.8) is 0 Å². The summed E-state index contributed by atoms with van der Waals surface area (Å²) in [4.78, 5) is 25.3. The monoisotopic (exact) mass is 283 g/mol. The van der Waals surface area contributed by atoms with Crippen LogP contribution in [-0.4, -0.2) is 35.2 Å². The van der Waals surface area contributed by atoms with E-state index in [0.29, 0.717) is 10.6 Å². The van der Waals surface area contributed by atoms with Crippen LogP contribution in [0.3, 0.4) is 0 Å². The summed E-state index contributed by atoms with van der Waals surface area (Å²) in [7, 11) is 0. The summed E-state index contributed by atoms with van der Waals surface area (Å²) in [5.41, 5.74) is -0.201. The number of amides is 1. The number of aliphatic hydroxyl groups is 1. The topological polar surface area (TPSA) is 66.8 Å². The maximum atomic E-state index is 12.1. The fraction of sp³-hybridized carbons (Fsp3) is 0.538. The first kappa shape index (κ1) is 14.0. The van der Waals surface area contributed by atoms with Crippen molar-refractivity contribution in [3.8, 4) is 0 Å². The van der Waals surface area contributed by atoms with E-state index in [1.54, 1.807) is 32.2 Å². The van der Waals surface area contributed by atoms with Gasteiger partial charge in [0.05, 0.1) is 24.6 Å². The molecule has 6 heteroatoms. The molecule has 1 aliphatic heterocycles. The van der Waals surface area contributed by atoms with E-state index in [1.165, 1.54) is 16.2 Å². The Kier molecular flexibility index (Phi) is 3.64. The Hall–Kier alpha value is -1.40. The van der Waals surface area contributed by atoms with Crippen LogP contribution < -0.4 is 4.90 Å². The molecular weight excluding hydrogens is 266 g/mol. The van der Waals surface area contributed by atoms with E-state index in [0.717, 1.165) is 0 Å². The average molecular weight is 283 g/mol. The predicted octanol–water partition coefficient (Wildman–Crippen LogP) is 1.80. The lowest BCUT2D eigenvalue weighted by molar-refractivity contribution is -0.117. The number of ether oxygens (including phenoxy) is 1. The highest BCUT2D eigenvalue weighted by molar-refractivity contribution is 7.14. The Balaban J connectivity index is 2.23. The zero-order valence-electron chi connectivity index (χ0n) is 11.2. The van der Waals surface area contributed by atoms with Gasteiger partial charge in [-0.05, 0) is 32.2 Å². The number of nitrogens with zero attached hydrogens (tertiary/aromatic N) is 1. The number of carbonyl (C=O) groups excluding carboxylic acids is 2. The molecule has 1 fully saturated rings. The van der Waals surface area contributed by atoms with Crippen LogP contribution >= 0.6 is 11.3 Å². The highest BCUT2D eigenvalue weighted by atomic mass is 32.1. The first-order chi connectivity index (χ1) is 8.78. The van der Waals surface area contributed by atoms with Crippen LogP contribution in [0.15, 0.2) is 11.4 Å². The van der Waals surface area contributed by atoms with Crippen molar-refractivity contribution in [1.82, 2.24) is 0 Å². The number of aliphatic hydroxyl groups excluding tert-OH is 1. The van der Waals surface area contributed by atoms with Crippen LogP contribution in [0.1, 0.15) is 37.6 Å². The molecule has 0 bridgehead atoms. The lowest BCUT2D eigenvalue weighted by Gasteiger charge is -2.21. The minimum Gasteiger partial charge on any atom is -0.456 e. The first-order valence-electron chi connectivity index (χ1n) is 6.07. The first-order valence-corrected chi connectivity index (χ1v) is 6.95. The largest absolute Gasteiger partial charge is 0.456 e. The minimum absolute atomic E-state index is 0.103. The zero-order valence-corrected chi connectivity index (χ0v) is 12.0. The molecule has 1 unspecified atom stereocenters. The Morgan fingerprint density at radius 1 is 1.53 bits per heavy atom. The predicted molar refractivity (Wildman–Crippen MR) is 72.5 cm³/mol. The van der Waals surface area contributed by atoms with E-state index in [2.05, 4.69) is 0 Å². The molecule has 5 nitrogen and oxygen atoms in total. The van der Waals surface area contributed by atoms with E-state index in [9.17, 15) is 14.7 Å². The Morgan fingerprint density at radius 2 is 2.21 bits per heavy atom. The van der Waals surface area contributed by atoms with E-state index < -0.39 is 17.7 Å². The molecule has 0 radical (unpaired) electrons. The third kappa shape index (κ3) is 3.13. The van der Waals surface area contributed by atoms with Crippen molar-refractivity contribution >= 4 is 28.2 Å². The molecule has 1 atom stereocenters. The van der Waals surface area contributed by atoms with Crippen LogP contribution in [-0.2, 0) is 9.53 Å². The normalized spacial score (nSPS) is 19.9. The molecule has 0 aromatic carbocycles. The molecule has 1 N–H and O–H groups in total. The average Bonchev–Trinajstić information content (AvgIpc) is 2.81. The second-order valence-electron chi connectivity index (χ2n) is 5.50. The van der Waals surface area contributed by atoms with Crippen LogP contribution in [0.4, 0.5) is 5.00 Å². The summed E-state index contributed by atoms with van der Waals surface area (Å²) in [6.45, 7) is 5.61. The van der Waals surface area contributed by atoms with Crippen molar-refractivity contribution in [2.75, 3.05) is 11.4 Å². The van der Waals surface area contributed by atoms with Crippen LogP contribution in [0, 0.1) is 0 Å². The van der Waals surface area contributed by atoms with Gasteiger partial charge in [0, 0.05) is 0 Å². The molecule has 2 rings (SSSR count). The molecule has 1 saturated heterocycles. The van der Waals surface area contributed by atoms with E-state index >= 15 is 0 Å². The summed E-state index contributed by atoms with van der Waals surface area (Å²) in [6, 6.07) is 1.64. The van der Waals surface area contributed by atoms with Gasteiger partial charge in [0.1, 0.15) is 10.6 Å². The van der Waals surface area contributed by atoms with Gasteiger partial charge in [0.25, 0.3) is 0 Å². The van der Waals surface area contributed by atoms with Crippen LogP contribution in [0.25, 0.3) is 0 Å². The number of β-amino-alcohol motifs (C(OH)–C–C–N with tert-alkyl or cyclic N) is 1. The highest BCUT2D eigenvalue weighted by Gasteiger charge is 2.33. The SMILES string of the molecule is CC(C)(C)OC(=O)c1ccsc1N1CC(O)CC1=O. The quantitative estimate of drug-likeness (QED) is 0.840. The third-order valence-electron chi connectivity index (χ3n) is 2.61. The number of hydrogen-bond donors (Lipinski definition) is 1. The molecule has 0 aliphatic carbocycles. The number of carbonyl (C=O) groups is 2. The Morgan fingerprint density at radius 3 is 2.74 bits per heavy atom. The van der Waals surface area contributed by atoms with Gasteiger partial charge in [-0.3, -0.25) is 4.79 Å². The van der Waals surface area contributed by atoms with Gasteiger partial charge in [-0.15, -0.1) is 11.3 Å². The van der Waals surface area contributed by atoms with Crippen molar-refractivity contribution in [2.45, 2.75) is 38.9 Å². The van der Waals surface area contributed by atoms with Crippen molar-refractivity contribution in [1.29, 1.82) is 0 Å². The molecule has 2 heterocycles. The molecule has 1 amide bonds. The molecule has 0 spiro atoms. The summed E-state index contributed by atoms with van der Waals surface area (Å²) in [5.74, 6) is -0.613. The second kappa shape index (κ2) is 4.94.